The van der Waals surface area contributed by atoms with Crippen LogP contribution in [0.1, 0.15) is 36.2 Å². The molecule has 2 unspecified atom stereocenters. The van der Waals surface area contributed by atoms with E-state index in [0.29, 0.717) is 12.1 Å². The fourth-order valence-corrected chi connectivity index (χ4v) is 2.91. The molecule has 0 radical (unpaired) electrons. The Kier molecular flexibility index (Phi) is 3.60. The molecular weight excluding hydrogens is 232 g/mol. The number of nitrogens with one attached hydrogen (secondary N) is 1. The lowest BCUT2D eigenvalue weighted by Gasteiger charge is -2.30. The fourth-order valence-electron chi connectivity index (χ4n) is 2.91. The van der Waals surface area contributed by atoms with Gasteiger partial charge in [-0.05, 0) is 37.0 Å². The maximum atomic E-state index is 4.53. The molecule has 2 heteroatoms. The van der Waals surface area contributed by atoms with E-state index in [0.717, 1.165) is 19.3 Å². The summed E-state index contributed by atoms with van der Waals surface area (Å²) in [7, 11) is 0. The van der Waals surface area contributed by atoms with E-state index in [1.54, 1.807) is 0 Å². The van der Waals surface area contributed by atoms with Gasteiger partial charge in [-0.25, -0.2) is 0 Å². The summed E-state index contributed by atoms with van der Waals surface area (Å²) in [6.07, 6.45) is 5.19. The smallest absolute Gasteiger partial charge is 0.0466 e. The van der Waals surface area contributed by atoms with Gasteiger partial charge in [0.2, 0.25) is 0 Å². The second-order valence-corrected chi connectivity index (χ2v) is 5.39. The fraction of sp³-hybridized carbons (Fsp3) is 0.353. The summed E-state index contributed by atoms with van der Waals surface area (Å²) in [5.74, 6) is 0. The third-order valence-corrected chi connectivity index (χ3v) is 3.85. The zero-order valence-corrected chi connectivity index (χ0v) is 11.3. The highest BCUT2D eigenvalue weighted by Crippen LogP contribution is 2.27. The predicted octanol–water partition coefficient (Wildman–Crippen LogP) is 3.29. The van der Waals surface area contributed by atoms with Crippen LogP contribution in [-0.4, -0.2) is 11.0 Å². The van der Waals surface area contributed by atoms with E-state index in [9.17, 15) is 0 Å². The second kappa shape index (κ2) is 5.54. The lowest BCUT2D eigenvalue weighted by molar-refractivity contribution is 0.399. The summed E-state index contributed by atoms with van der Waals surface area (Å²) in [4.78, 5) is 4.53. The van der Waals surface area contributed by atoms with E-state index >= 15 is 0 Å². The van der Waals surface area contributed by atoms with E-state index in [1.165, 1.54) is 16.8 Å². The quantitative estimate of drug-likeness (QED) is 0.906. The molecule has 0 amide bonds. The maximum absolute atomic E-state index is 4.53. The average molecular weight is 252 g/mol. The number of fused-ring (bicyclic) bond motifs is 1. The Labute approximate surface area is 114 Å². The van der Waals surface area contributed by atoms with Crippen LogP contribution in [0.5, 0.6) is 0 Å². The second-order valence-electron chi connectivity index (χ2n) is 5.39. The van der Waals surface area contributed by atoms with Crippen molar-refractivity contribution in [2.24, 2.45) is 0 Å². The highest BCUT2D eigenvalue weighted by Gasteiger charge is 2.23. The van der Waals surface area contributed by atoms with Crippen LogP contribution in [0, 0.1) is 0 Å². The van der Waals surface area contributed by atoms with Crippen molar-refractivity contribution in [2.75, 3.05) is 0 Å². The van der Waals surface area contributed by atoms with Gasteiger partial charge in [0.15, 0.2) is 0 Å². The first-order valence-electron chi connectivity index (χ1n) is 7.06. The molecule has 3 rings (SSSR count). The topological polar surface area (TPSA) is 24.9 Å². The summed E-state index contributed by atoms with van der Waals surface area (Å²) in [5, 5.41) is 3.70. The lowest BCUT2D eigenvalue weighted by atomic mass is 9.91. The van der Waals surface area contributed by atoms with Crippen LogP contribution in [0.4, 0.5) is 0 Å². The molecule has 1 aromatic carbocycles. The van der Waals surface area contributed by atoms with Crippen LogP contribution < -0.4 is 5.32 Å². The van der Waals surface area contributed by atoms with Crippen molar-refractivity contribution in [3.05, 3.63) is 65.5 Å². The van der Waals surface area contributed by atoms with Crippen LogP contribution in [0.2, 0.25) is 0 Å². The first-order chi connectivity index (χ1) is 9.33. The molecule has 1 aromatic heterocycles. The van der Waals surface area contributed by atoms with Crippen LogP contribution in [0.3, 0.4) is 0 Å². The molecule has 0 fully saturated rings. The van der Waals surface area contributed by atoms with Gasteiger partial charge in [0, 0.05) is 30.4 Å². The molecule has 0 saturated heterocycles. The number of aromatic nitrogens is 1. The van der Waals surface area contributed by atoms with E-state index in [1.807, 2.05) is 12.3 Å². The minimum absolute atomic E-state index is 0.438. The molecule has 2 heterocycles. The molecule has 1 N–H and O–H groups in total. The van der Waals surface area contributed by atoms with Crippen LogP contribution in [-0.2, 0) is 12.8 Å². The monoisotopic (exact) mass is 252 g/mol. The molecular formula is C17H20N2. The Bertz CT molecular complexity index is 536. The summed E-state index contributed by atoms with van der Waals surface area (Å²) >= 11 is 0. The Balaban J connectivity index is 1.74. The van der Waals surface area contributed by atoms with Gasteiger partial charge in [-0.1, -0.05) is 36.4 Å². The van der Waals surface area contributed by atoms with E-state index in [4.69, 9.17) is 0 Å². The number of hydrogen-bond acceptors (Lipinski definition) is 2. The highest BCUT2D eigenvalue weighted by molar-refractivity contribution is 5.28. The van der Waals surface area contributed by atoms with Gasteiger partial charge in [-0.3, -0.25) is 4.98 Å². The predicted molar refractivity (Wildman–Crippen MR) is 78.0 cm³/mol. The van der Waals surface area contributed by atoms with Crippen LogP contribution >= 0.6 is 0 Å². The SMILES string of the molecule is CC1Cc2ncccc2C(CCc2ccccc2)N1. The molecule has 2 nitrogen and oxygen atoms in total. The third-order valence-electron chi connectivity index (χ3n) is 3.85. The van der Waals surface area contributed by atoms with Crippen LogP contribution in [0.25, 0.3) is 0 Å². The Morgan fingerprint density at radius 1 is 1.16 bits per heavy atom. The summed E-state index contributed by atoms with van der Waals surface area (Å²) < 4.78 is 0. The summed E-state index contributed by atoms with van der Waals surface area (Å²) in [6.45, 7) is 2.24. The maximum Gasteiger partial charge on any atom is 0.0466 e. The van der Waals surface area contributed by atoms with Crippen molar-refractivity contribution in [3.63, 3.8) is 0 Å². The number of aryl methyl sites for hydroxylation is 1. The number of benzene rings is 1. The number of nitrogens with zero attached hydrogens (tertiary/aromatic N) is 1. The molecule has 0 spiro atoms. The standard InChI is InChI=1S/C17H20N2/c1-13-12-17-15(8-5-11-18-17)16(19-13)10-9-14-6-3-2-4-7-14/h2-8,11,13,16,19H,9-10,12H2,1H3. The molecule has 19 heavy (non-hydrogen) atoms. The van der Waals surface area contributed by atoms with Crippen molar-refractivity contribution in [2.45, 2.75) is 38.3 Å². The van der Waals surface area contributed by atoms with Gasteiger partial charge in [0.25, 0.3) is 0 Å². The minimum Gasteiger partial charge on any atom is -0.307 e. The number of pyridine rings is 1. The van der Waals surface area contributed by atoms with Crippen molar-refractivity contribution in [1.29, 1.82) is 0 Å². The Morgan fingerprint density at radius 2 is 2.00 bits per heavy atom. The van der Waals surface area contributed by atoms with Crippen molar-refractivity contribution in [3.8, 4) is 0 Å². The Hall–Kier alpha value is -1.67. The zero-order chi connectivity index (χ0) is 13.1. The van der Waals surface area contributed by atoms with Gasteiger partial charge in [0.05, 0.1) is 0 Å². The van der Waals surface area contributed by atoms with E-state index in [-0.39, 0.29) is 0 Å². The van der Waals surface area contributed by atoms with Gasteiger partial charge in [-0.15, -0.1) is 0 Å². The zero-order valence-electron chi connectivity index (χ0n) is 11.3. The van der Waals surface area contributed by atoms with Crippen molar-refractivity contribution < 1.29 is 0 Å². The average Bonchev–Trinajstić information content (AvgIpc) is 2.45. The van der Waals surface area contributed by atoms with Gasteiger partial charge in [-0.2, -0.15) is 0 Å². The highest BCUT2D eigenvalue weighted by atomic mass is 15.0. The molecule has 0 saturated carbocycles. The van der Waals surface area contributed by atoms with E-state index < -0.39 is 0 Å². The lowest BCUT2D eigenvalue weighted by Crippen LogP contribution is -2.38. The Morgan fingerprint density at radius 3 is 2.84 bits per heavy atom. The first-order valence-corrected chi connectivity index (χ1v) is 7.06. The molecule has 2 aromatic rings. The van der Waals surface area contributed by atoms with Crippen LogP contribution in [0.15, 0.2) is 48.7 Å². The summed E-state index contributed by atoms with van der Waals surface area (Å²) in [5.41, 5.74) is 4.07. The molecule has 1 aliphatic rings. The molecule has 2 atom stereocenters. The largest absolute Gasteiger partial charge is 0.307 e. The molecule has 0 bridgehead atoms. The number of hydrogen-bond donors (Lipinski definition) is 1. The first kappa shape index (κ1) is 12.4. The van der Waals surface area contributed by atoms with E-state index in [2.05, 4.69) is 53.6 Å². The summed E-state index contributed by atoms with van der Waals surface area (Å²) in [6, 6.07) is 15.9. The molecule has 0 aliphatic carbocycles. The van der Waals surface area contributed by atoms with Crippen molar-refractivity contribution in [1.82, 2.24) is 10.3 Å². The number of rotatable bonds is 3. The molecule has 1 aliphatic heterocycles. The van der Waals surface area contributed by atoms with Gasteiger partial charge >= 0.3 is 0 Å². The van der Waals surface area contributed by atoms with Gasteiger partial charge in [0.1, 0.15) is 0 Å². The minimum atomic E-state index is 0.438. The van der Waals surface area contributed by atoms with Gasteiger partial charge < -0.3 is 5.32 Å². The normalized spacial score (nSPS) is 21.9. The van der Waals surface area contributed by atoms with Crippen molar-refractivity contribution >= 4 is 0 Å². The molecule has 98 valence electrons. The third kappa shape index (κ3) is 2.85.